The molecule has 0 saturated carbocycles. The van der Waals surface area contributed by atoms with E-state index >= 15 is 0 Å². The average molecular weight is 356 g/mol. The van der Waals surface area contributed by atoms with E-state index in [1.165, 1.54) is 18.0 Å². The van der Waals surface area contributed by atoms with Gasteiger partial charge in [-0.3, -0.25) is 9.59 Å². The maximum Gasteiger partial charge on any atom is 0.341 e. The fourth-order valence-corrected chi connectivity index (χ4v) is 3.01. The molecule has 3 rings (SSSR count). The molecule has 136 valence electrons. The molecule has 1 N–H and O–H groups in total. The van der Waals surface area contributed by atoms with Crippen molar-refractivity contribution in [3.63, 3.8) is 0 Å². The van der Waals surface area contributed by atoms with E-state index in [0.29, 0.717) is 18.7 Å². The van der Waals surface area contributed by atoms with Crippen LogP contribution >= 0.6 is 0 Å². The lowest BCUT2D eigenvalue weighted by atomic mass is 10.0. The monoisotopic (exact) mass is 356 g/mol. The molecule has 0 fully saturated rings. The first-order valence-electron chi connectivity index (χ1n) is 8.43. The maximum absolute atomic E-state index is 12.5. The minimum absolute atomic E-state index is 0.229. The zero-order valence-electron chi connectivity index (χ0n) is 14.7. The van der Waals surface area contributed by atoms with Crippen LogP contribution in [0.15, 0.2) is 30.5 Å². The molecule has 2 aromatic rings. The number of hydrogen-bond donors (Lipinski definition) is 1. The van der Waals surface area contributed by atoms with Gasteiger partial charge in [-0.25, -0.2) is 4.79 Å². The van der Waals surface area contributed by atoms with E-state index in [4.69, 9.17) is 9.47 Å². The van der Waals surface area contributed by atoms with Crippen molar-refractivity contribution >= 4 is 34.3 Å². The van der Waals surface area contributed by atoms with E-state index in [2.05, 4.69) is 4.98 Å². The molecular formula is C19H20N2O5. The van der Waals surface area contributed by atoms with Crippen LogP contribution in [-0.4, -0.2) is 47.5 Å². The summed E-state index contributed by atoms with van der Waals surface area (Å²) in [5.41, 5.74) is 2.83. The molecule has 0 saturated heterocycles. The highest BCUT2D eigenvalue weighted by Crippen LogP contribution is 2.31. The van der Waals surface area contributed by atoms with E-state index in [1.54, 1.807) is 6.92 Å². The Morgan fingerprint density at radius 3 is 2.69 bits per heavy atom. The Morgan fingerprint density at radius 2 is 1.96 bits per heavy atom. The van der Waals surface area contributed by atoms with Gasteiger partial charge in [-0.15, -0.1) is 0 Å². The SMILES string of the molecule is CCOC(=O)C1=CN(C(=O)COC(C)=O)CCc2c1[nH]c1ccccc21. The Hall–Kier alpha value is -3.09. The van der Waals surface area contributed by atoms with Gasteiger partial charge < -0.3 is 19.4 Å². The lowest BCUT2D eigenvalue weighted by molar-refractivity contribution is -0.149. The van der Waals surface area contributed by atoms with Gasteiger partial charge in [0.1, 0.15) is 0 Å². The van der Waals surface area contributed by atoms with Crippen molar-refractivity contribution in [2.75, 3.05) is 19.8 Å². The Labute approximate surface area is 150 Å². The summed E-state index contributed by atoms with van der Waals surface area (Å²) in [6.07, 6.45) is 2.04. The molecule has 26 heavy (non-hydrogen) atoms. The number of fused-ring (bicyclic) bond motifs is 3. The number of aromatic amines is 1. The summed E-state index contributed by atoms with van der Waals surface area (Å²) in [5, 5.41) is 1.01. The van der Waals surface area contributed by atoms with Crippen molar-refractivity contribution in [3.8, 4) is 0 Å². The molecule has 0 spiro atoms. The quantitative estimate of drug-likeness (QED) is 0.847. The van der Waals surface area contributed by atoms with Crippen molar-refractivity contribution in [2.24, 2.45) is 0 Å². The Kier molecular flexibility index (Phi) is 5.06. The largest absolute Gasteiger partial charge is 0.462 e. The van der Waals surface area contributed by atoms with Crippen LogP contribution in [0, 0.1) is 0 Å². The number of H-pyrrole nitrogens is 1. The molecule has 7 nitrogen and oxygen atoms in total. The van der Waals surface area contributed by atoms with Crippen molar-refractivity contribution in [2.45, 2.75) is 20.3 Å². The number of amides is 1. The molecule has 0 unspecified atom stereocenters. The first-order valence-corrected chi connectivity index (χ1v) is 8.43. The van der Waals surface area contributed by atoms with Crippen LogP contribution in [-0.2, 0) is 30.3 Å². The first kappa shape index (κ1) is 17.7. The van der Waals surface area contributed by atoms with Crippen molar-refractivity contribution in [1.29, 1.82) is 0 Å². The molecule has 0 bridgehead atoms. The Morgan fingerprint density at radius 1 is 1.19 bits per heavy atom. The minimum Gasteiger partial charge on any atom is -0.462 e. The van der Waals surface area contributed by atoms with E-state index in [0.717, 1.165) is 16.5 Å². The summed E-state index contributed by atoms with van der Waals surface area (Å²) in [7, 11) is 0. The van der Waals surface area contributed by atoms with Crippen LogP contribution in [0.1, 0.15) is 25.1 Å². The lowest BCUT2D eigenvalue weighted by Crippen LogP contribution is -2.31. The number of hydrogen-bond acceptors (Lipinski definition) is 5. The third-order valence-corrected chi connectivity index (χ3v) is 4.19. The molecule has 7 heteroatoms. The highest BCUT2D eigenvalue weighted by atomic mass is 16.5. The standard InChI is InChI=1S/C19H20N2O5/c1-3-25-19(24)15-10-21(17(23)11-26-12(2)22)9-8-14-13-6-4-5-7-16(13)20-18(14)15/h4-7,10,20H,3,8-9,11H2,1-2H3. The zero-order chi connectivity index (χ0) is 18.7. The van der Waals surface area contributed by atoms with Gasteiger partial charge in [0, 0.05) is 30.6 Å². The van der Waals surface area contributed by atoms with Crippen LogP contribution in [0.25, 0.3) is 16.5 Å². The Bertz CT molecular complexity index is 896. The lowest BCUT2D eigenvalue weighted by Gasteiger charge is -2.17. The fourth-order valence-electron chi connectivity index (χ4n) is 3.01. The van der Waals surface area contributed by atoms with Crippen LogP contribution in [0.4, 0.5) is 0 Å². The Balaban J connectivity index is 2.01. The molecule has 1 amide bonds. The number of nitrogens with one attached hydrogen (secondary N) is 1. The minimum atomic E-state index is -0.529. The van der Waals surface area contributed by atoms with Crippen molar-refractivity contribution in [1.82, 2.24) is 9.88 Å². The molecule has 1 aliphatic rings. The zero-order valence-corrected chi connectivity index (χ0v) is 14.7. The molecule has 0 radical (unpaired) electrons. The summed E-state index contributed by atoms with van der Waals surface area (Å²) >= 11 is 0. The number of rotatable bonds is 4. The molecule has 1 aromatic heterocycles. The second-order valence-electron chi connectivity index (χ2n) is 5.90. The summed E-state index contributed by atoms with van der Waals surface area (Å²) in [6, 6.07) is 7.76. The van der Waals surface area contributed by atoms with Gasteiger partial charge in [-0.05, 0) is 25.0 Å². The second kappa shape index (κ2) is 7.43. The molecule has 0 aliphatic carbocycles. The van der Waals surface area contributed by atoms with Crippen molar-refractivity contribution in [3.05, 3.63) is 41.7 Å². The van der Waals surface area contributed by atoms with Crippen molar-refractivity contribution < 1.29 is 23.9 Å². The third-order valence-electron chi connectivity index (χ3n) is 4.19. The van der Waals surface area contributed by atoms with Gasteiger partial charge in [0.15, 0.2) is 6.61 Å². The van der Waals surface area contributed by atoms with Gasteiger partial charge in [-0.2, -0.15) is 0 Å². The van der Waals surface area contributed by atoms with Gasteiger partial charge in [0.05, 0.1) is 17.9 Å². The third kappa shape index (κ3) is 3.46. The topological polar surface area (TPSA) is 88.7 Å². The molecule has 0 atom stereocenters. The second-order valence-corrected chi connectivity index (χ2v) is 5.90. The van der Waals surface area contributed by atoms with Crippen LogP contribution < -0.4 is 0 Å². The number of carbonyl (C=O) groups is 3. The normalized spacial score (nSPS) is 13.6. The molecular weight excluding hydrogens is 336 g/mol. The number of nitrogens with zero attached hydrogens (tertiary/aromatic N) is 1. The number of carbonyl (C=O) groups excluding carboxylic acids is 3. The maximum atomic E-state index is 12.5. The number of aromatic nitrogens is 1. The van der Waals surface area contributed by atoms with Gasteiger partial charge >= 0.3 is 11.9 Å². The molecule has 2 heterocycles. The number of esters is 2. The average Bonchev–Trinajstić information content (AvgIpc) is 2.87. The van der Waals surface area contributed by atoms with E-state index in [1.807, 2.05) is 24.3 Å². The number of ether oxygens (including phenoxy) is 2. The predicted octanol–water partition coefficient (Wildman–Crippen LogP) is 2.02. The summed E-state index contributed by atoms with van der Waals surface area (Å²) in [4.78, 5) is 40.5. The van der Waals surface area contributed by atoms with E-state index in [-0.39, 0.29) is 18.8 Å². The summed E-state index contributed by atoms with van der Waals surface area (Å²) < 4.78 is 9.95. The number of para-hydroxylation sites is 1. The molecule has 1 aromatic carbocycles. The summed E-state index contributed by atoms with van der Waals surface area (Å²) in [6.45, 7) is 3.21. The summed E-state index contributed by atoms with van der Waals surface area (Å²) in [5.74, 6) is -1.43. The molecule has 1 aliphatic heterocycles. The van der Waals surface area contributed by atoms with Crippen LogP contribution in [0.3, 0.4) is 0 Å². The number of benzene rings is 1. The van der Waals surface area contributed by atoms with Crippen LogP contribution in [0.5, 0.6) is 0 Å². The van der Waals surface area contributed by atoms with Gasteiger partial charge in [0.25, 0.3) is 5.91 Å². The highest BCUT2D eigenvalue weighted by Gasteiger charge is 2.27. The highest BCUT2D eigenvalue weighted by molar-refractivity contribution is 6.18. The smallest absolute Gasteiger partial charge is 0.341 e. The van der Waals surface area contributed by atoms with Crippen LogP contribution in [0.2, 0.25) is 0 Å². The van der Waals surface area contributed by atoms with Gasteiger partial charge in [-0.1, -0.05) is 18.2 Å². The fraction of sp³-hybridized carbons (Fsp3) is 0.316. The van der Waals surface area contributed by atoms with E-state index in [9.17, 15) is 14.4 Å². The van der Waals surface area contributed by atoms with Gasteiger partial charge in [0.2, 0.25) is 0 Å². The van der Waals surface area contributed by atoms with E-state index < -0.39 is 17.8 Å². The first-order chi connectivity index (χ1) is 12.5. The predicted molar refractivity (Wildman–Crippen MR) is 95.0 cm³/mol.